The van der Waals surface area contributed by atoms with Gasteiger partial charge in [0.15, 0.2) is 11.4 Å². The van der Waals surface area contributed by atoms with Crippen LogP contribution in [-0.4, -0.2) is 16.9 Å². The Kier molecular flexibility index (Phi) is 7.83. The lowest BCUT2D eigenvalue weighted by Gasteiger charge is -2.35. The summed E-state index contributed by atoms with van der Waals surface area (Å²) < 4.78 is 76.4. The van der Waals surface area contributed by atoms with Crippen LogP contribution in [0.3, 0.4) is 0 Å². The highest BCUT2D eigenvalue weighted by atomic mass is 19.4. The smallest absolute Gasteiger partial charge is 0.380 e. The molecule has 0 amide bonds. The van der Waals surface area contributed by atoms with E-state index in [1.165, 1.54) is 38.2 Å². The van der Waals surface area contributed by atoms with Gasteiger partial charge in [-0.3, -0.25) is 0 Å². The third kappa shape index (κ3) is 6.26. The quantitative estimate of drug-likeness (QED) is 0.374. The first-order valence-electron chi connectivity index (χ1n) is 9.78. The molecule has 7 heteroatoms. The lowest BCUT2D eigenvalue weighted by molar-refractivity contribution is -0.259. The van der Waals surface area contributed by atoms with Crippen LogP contribution in [0.5, 0.6) is 0 Å². The molecule has 0 heterocycles. The van der Waals surface area contributed by atoms with Crippen LogP contribution in [0.15, 0.2) is 24.1 Å². The number of hydrogen-bond donors (Lipinski definition) is 1. The van der Waals surface area contributed by atoms with E-state index in [4.69, 9.17) is 0 Å². The molecule has 1 unspecified atom stereocenters. The molecule has 0 aliphatic heterocycles. The van der Waals surface area contributed by atoms with E-state index >= 15 is 0 Å². The van der Waals surface area contributed by atoms with E-state index in [1.807, 2.05) is 0 Å². The van der Waals surface area contributed by atoms with E-state index < -0.39 is 36.5 Å². The standard InChI is InChI=1S/C20H28F6O/c21-17(18(22)23)13-19(27,20(24,25)26)12-4-5-14-8-10-16(11-9-14)15-6-2-1-3-7-15/h4-5,14-16,27H,1-3,6-13H2. The Morgan fingerprint density at radius 1 is 0.852 bits per heavy atom. The molecule has 0 spiro atoms. The van der Waals surface area contributed by atoms with Crippen LogP contribution in [0, 0.1) is 17.8 Å². The van der Waals surface area contributed by atoms with Crippen LogP contribution in [-0.2, 0) is 0 Å². The Balaban J connectivity index is 1.88. The lowest BCUT2D eigenvalue weighted by Crippen LogP contribution is -2.45. The number of hydrogen-bond acceptors (Lipinski definition) is 1. The second kappa shape index (κ2) is 9.48. The van der Waals surface area contributed by atoms with Gasteiger partial charge >= 0.3 is 12.3 Å². The highest BCUT2D eigenvalue weighted by Gasteiger charge is 2.53. The minimum Gasteiger partial charge on any atom is -0.380 e. The normalized spacial score (nSPS) is 27.5. The molecule has 1 N–H and O–H groups in total. The highest BCUT2D eigenvalue weighted by molar-refractivity contribution is 5.06. The summed E-state index contributed by atoms with van der Waals surface area (Å²) in [4.78, 5) is 0. The zero-order valence-corrected chi connectivity index (χ0v) is 15.4. The van der Waals surface area contributed by atoms with E-state index in [-0.39, 0.29) is 5.92 Å². The van der Waals surface area contributed by atoms with Gasteiger partial charge in [-0.15, -0.1) is 0 Å². The second-order valence-corrected chi connectivity index (χ2v) is 8.08. The molecule has 156 valence electrons. The lowest BCUT2D eigenvalue weighted by atomic mass is 9.71. The van der Waals surface area contributed by atoms with Crippen LogP contribution >= 0.6 is 0 Å². The molecule has 2 rings (SSSR count). The third-order valence-electron chi connectivity index (χ3n) is 6.18. The van der Waals surface area contributed by atoms with Crippen molar-refractivity contribution >= 4 is 0 Å². The SMILES string of the molecule is OC(CC=CC1CCC(C2CCCCC2)CC1)(CC(F)=C(F)F)C(F)(F)F. The first kappa shape index (κ1) is 22.3. The molecule has 0 aromatic carbocycles. The zero-order chi connectivity index (χ0) is 20.1. The maximum Gasteiger partial charge on any atom is 0.417 e. The fraction of sp³-hybridized carbons (Fsp3) is 0.800. The van der Waals surface area contributed by atoms with Crippen molar-refractivity contribution in [3.63, 3.8) is 0 Å². The maximum absolute atomic E-state index is 13.0. The van der Waals surface area contributed by atoms with Gasteiger partial charge in [-0.2, -0.15) is 22.0 Å². The predicted octanol–water partition coefficient (Wildman–Crippen LogP) is 7.08. The average Bonchev–Trinajstić information content (AvgIpc) is 2.62. The highest BCUT2D eigenvalue weighted by Crippen LogP contribution is 2.42. The van der Waals surface area contributed by atoms with Crippen LogP contribution in [0.1, 0.15) is 70.6 Å². The van der Waals surface area contributed by atoms with E-state index in [2.05, 4.69) is 0 Å². The van der Waals surface area contributed by atoms with Crippen LogP contribution in [0.25, 0.3) is 0 Å². The van der Waals surface area contributed by atoms with Crippen molar-refractivity contribution in [1.82, 2.24) is 0 Å². The number of rotatable bonds is 6. The fourth-order valence-electron chi connectivity index (χ4n) is 4.48. The molecular formula is C20H28F6O. The summed E-state index contributed by atoms with van der Waals surface area (Å²) in [5, 5.41) is 9.73. The van der Waals surface area contributed by atoms with Crippen molar-refractivity contribution in [2.75, 3.05) is 0 Å². The Morgan fingerprint density at radius 2 is 1.41 bits per heavy atom. The number of halogens is 6. The molecule has 2 aliphatic rings. The van der Waals surface area contributed by atoms with Crippen molar-refractivity contribution < 1.29 is 31.4 Å². The van der Waals surface area contributed by atoms with Crippen LogP contribution in [0.4, 0.5) is 26.3 Å². The van der Waals surface area contributed by atoms with Crippen molar-refractivity contribution in [2.45, 2.75) is 82.4 Å². The van der Waals surface area contributed by atoms with Gasteiger partial charge in [0.2, 0.25) is 0 Å². The molecule has 0 radical (unpaired) electrons. The molecule has 2 saturated carbocycles. The van der Waals surface area contributed by atoms with Gasteiger partial charge in [0.05, 0.1) is 0 Å². The van der Waals surface area contributed by atoms with Crippen LogP contribution < -0.4 is 0 Å². The summed E-state index contributed by atoms with van der Waals surface area (Å²) >= 11 is 0. The average molecular weight is 398 g/mol. The van der Waals surface area contributed by atoms with Crippen LogP contribution in [0.2, 0.25) is 0 Å². The number of alkyl halides is 3. The van der Waals surface area contributed by atoms with Crippen molar-refractivity contribution in [3.8, 4) is 0 Å². The number of allylic oxidation sites excluding steroid dienone is 1. The monoisotopic (exact) mass is 398 g/mol. The summed E-state index contributed by atoms with van der Waals surface area (Å²) in [6.45, 7) is 0. The van der Waals surface area contributed by atoms with Gasteiger partial charge < -0.3 is 5.11 Å². The second-order valence-electron chi connectivity index (χ2n) is 8.08. The first-order valence-corrected chi connectivity index (χ1v) is 9.78. The Hall–Kier alpha value is -0.980. The predicted molar refractivity (Wildman–Crippen MR) is 91.8 cm³/mol. The molecule has 0 aromatic heterocycles. The van der Waals surface area contributed by atoms with E-state index in [1.54, 1.807) is 6.08 Å². The van der Waals surface area contributed by atoms with Gasteiger partial charge in [-0.25, -0.2) is 4.39 Å². The molecular weight excluding hydrogens is 370 g/mol. The zero-order valence-electron chi connectivity index (χ0n) is 15.4. The molecule has 1 nitrogen and oxygen atoms in total. The Labute approximate surface area is 156 Å². The summed E-state index contributed by atoms with van der Waals surface area (Å²) in [6.07, 6.45) is 2.36. The van der Waals surface area contributed by atoms with Crippen molar-refractivity contribution in [1.29, 1.82) is 0 Å². The summed E-state index contributed by atoms with van der Waals surface area (Å²) in [5.74, 6) is -0.644. The minimum atomic E-state index is -5.19. The topological polar surface area (TPSA) is 20.2 Å². The van der Waals surface area contributed by atoms with Gasteiger partial charge in [0.1, 0.15) is 0 Å². The summed E-state index contributed by atoms with van der Waals surface area (Å²) in [5.41, 5.74) is -3.52. The van der Waals surface area contributed by atoms with Crippen molar-refractivity contribution in [2.24, 2.45) is 17.8 Å². The number of aliphatic hydroxyl groups is 1. The minimum absolute atomic E-state index is 0.126. The Morgan fingerprint density at radius 3 is 1.93 bits per heavy atom. The molecule has 0 aromatic rings. The largest absolute Gasteiger partial charge is 0.417 e. The van der Waals surface area contributed by atoms with Gasteiger partial charge in [0.25, 0.3) is 0 Å². The van der Waals surface area contributed by atoms with E-state index in [0.717, 1.165) is 31.6 Å². The first-order chi connectivity index (χ1) is 12.6. The Bertz CT molecular complexity index is 523. The van der Waals surface area contributed by atoms with E-state index in [0.29, 0.717) is 5.92 Å². The molecule has 1 atom stereocenters. The van der Waals surface area contributed by atoms with Gasteiger partial charge in [0, 0.05) is 12.8 Å². The van der Waals surface area contributed by atoms with Gasteiger partial charge in [-0.05, 0) is 43.4 Å². The van der Waals surface area contributed by atoms with Crippen molar-refractivity contribution in [3.05, 3.63) is 24.1 Å². The van der Waals surface area contributed by atoms with E-state index in [9.17, 15) is 31.4 Å². The molecule has 2 aliphatic carbocycles. The summed E-state index contributed by atoms with van der Waals surface area (Å²) in [6, 6.07) is 0. The molecule has 2 fully saturated rings. The fourth-order valence-corrected chi connectivity index (χ4v) is 4.48. The molecule has 0 saturated heterocycles. The summed E-state index contributed by atoms with van der Waals surface area (Å²) in [7, 11) is 0. The maximum atomic E-state index is 13.0. The third-order valence-corrected chi connectivity index (χ3v) is 6.18. The molecule has 27 heavy (non-hydrogen) atoms. The van der Waals surface area contributed by atoms with Gasteiger partial charge in [-0.1, -0.05) is 44.3 Å². The molecule has 0 bridgehead atoms.